The Balaban J connectivity index is 2.49. The van der Waals surface area contributed by atoms with Gasteiger partial charge in [0.25, 0.3) is 0 Å². The van der Waals surface area contributed by atoms with Gasteiger partial charge in [-0.05, 0) is 26.0 Å². The molecule has 4 nitrogen and oxygen atoms in total. The van der Waals surface area contributed by atoms with Gasteiger partial charge in [-0.2, -0.15) is 11.8 Å². The highest BCUT2D eigenvalue weighted by molar-refractivity contribution is 8.00. The Morgan fingerprint density at radius 2 is 2.17 bits per heavy atom. The fraction of sp³-hybridized carbons (Fsp3) is 0.923. The largest absolute Gasteiger partial charge is 0.375 e. The van der Waals surface area contributed by atoms with E-state index in [0.29, 0.717) is 6.61 Å². The summed E-state index contributed by atoms with van der Waals surface area (Å²) in [5, 5.41) is 6.29. The first kappa shape index (κ1) is 15.8. The number of rotatable bonds is 6. The Hall–Kier alpha value is -0.260. The summed E-state index contributed by atoms with van der Waals surface area (Å²) in [6.07, 6.45) is 4.19. The molecular weight excluding hydrogens is 248 g/mol. The van der Waals surface area contributed by atoms with Crippen LogP contribution in [0.5, 0.6) is 0 Å². The van der Waals surface area contributed by atoms with E-state index in [0.717, 1.165) is 25.9 Å². The van der Waals surface area contributed by atoms with Crippen LogP contribution in [-0.2, 0) is 9.53 Å². The third kappa shape index (κ3) is 3.87. The van der Waals surface area contributed by atoms with Crippen molar-refractivity contribution < 1.29 is 9.53 Å². The van der Waals surface area contributed by atoms with Gasteiger partial charge in [0.05, 0.1) is 12.7 Å². The Morgan fingerprint density at radius 3 is 2.67 bits per heavy atom. The summed E-state index contributed by atoms with van der Waals surface area (Å²) in [5.41, 5.74) is 0. The molecule has 1 rings (SSSR count). The molecule has 2 N–H and O–H groups in total. The molecule has 0 saturated carbocycles. The summed E-state index contributed by atoms with van der Waals surface area (Å²) in [6, 6.07) is -0.216. The summed E-state index contributed by atoms with van der Waals surface area (Å²) < 4.78 is 5.66. The highest BCUT2D eigenvalue weighted by atomic mass is 32.2. The molecule has 0 unspecified atom stereocenters. The number of carbonyl (C=O) groups is 1. The molecule has 5 heteroatoms. The third-order valence-electron chi connectivity index (χ3n) is 3.91. The predicted molar refractivity (Wildman–Crippen MR) is 77.0 cm³/mol. The number of amides is 1. The van der Waals surface area contributed by atoms with Crippen molar-refractivity contribution in [2.45, 2.75) is 50.5 Å². The zero-order valence-electron chi connectivity index (χ0n) is 11.9. The lowest BCUT2D eigenvalue weighted by molar-refractivity contribution is -0.129. The third-order valence-corrected chi connectivity index (χ3v) is 5.49. The van der Waals surface area contributed by atoms with Gasteiger partial charge in [0, 0.05) is 17.8 Å². The molecule has 18 heavy (non-hydrogen) atoms. The first-order chi connectivity index (χ1) is 8.58. The number of hydrogen-bond donors (Lipinski definition) is 2. The molecule has 106 valence electrons. The van der Waals surface area contributed by atoms with Gasteiger partial charge in [0.15, 0.2) is 0 Å². The molecule has 0 aromatic carbocycles. The van der Waals surface area contributed by atoms with Gasteiger partial charge in [-0.3, -0.25) is 4.79 Å². The maximum Gasteiger partial charge on any atom is 0.239 e. The van der Waals surface area contributed by atoms with Crippen molar-refractivity contribution >= 4 is 17.7 Å². The molecule has 1 saturated heterocycles. The highest BCUT2D eigenvalue weighted by Gasteiger charge is 2.31. The van der Waals surface area contributed by atoms with E-state index in [2.05, 4.69) is 30.7 Å². The summed E-state index contributed by atoms with van der Waals surface area (Å²) in [5.74, 6) is 0.0579. The molecule has 0 spiro atoms. The van der Waals surface area contributed by atoms with E-state index in [1.54, 1.807) is 0 Å². The minimum absolute atomic E-state index is 0.0503. The van der Waals surface area contributed by atoms with Gasteiger partial charge in [-0.15, -0.1) is 0 Å². The number of nitrogens with one attached hydrogen (secondary N) is 2. The summed E-state index contributed by atoms with van der Waals surface area (Å²) in [4.78, 5) is 12.1. The van der Waals surface area contributed by atoms with Gasteiger partial charge >= 0.3 is 0 Å². The first-order valence-corrected chi connectivity index (χ1v) is 7.99. The van der Waals surface area contributed by atoms with Crippen molar-refractivity contribution in [3.8, 4) is 0 Å². The van der Waals surface area contributed by atoms with Gasteiger partial charge < -0.3 is 15.4 Å². The number of hydrogen-bond acceptors (Lipinski definition) is 4. The second-order valence-electron chi connectivity index (χ2n) is 4.82. The molecule has 2 atom stereocenters. The summed E-state index contributed by atoms with van der Waals surface area (Å²) in [6.45, 7) is 8.46. The Labute approximate surface area is 115 Å². The van der Waals surface area contributed by atoms with E-state index in [1.807, 2.05) is 18.7 Å². The van der Waals surface area contributed by atoms with Crippen LogP contribution >= 0.6 is 11.8 Å². The van der Waals surface area contributed by atoms with Crippen LogP contribution in [0.1, 0.15) is 33.6 Å². The minimum Gasteiger partial charge on any atom is -0.375 e. The van der Waals surface area contributed by atoms with Crippen molar-refractivity contribution in [3.05, 3.63) is 0 Å². The van der Waals surface area contributed by atoms with Crippen LogP contribution in [0, 0.1) is 0 Å². The van der Waals surface area contributed by atoms with Gasteiger partial charge in [0.2, 0.25) is 5.91 Å². The first-order valence-electron chi connectivity index (χ1n) is 6.76. The summed E-state index contributed by atoms with van der Waals surface area (Å²) in [7, 11) is 0. The van der Waals surface area contributed by atoms with Gasteiger partial charge in [-0.25, -0.2) is 0 Å². The molecule has 0 radical (unpaired) electrons. The van der Waals surface area contributed by atoms with Crippen LogP contribution in [0.25, 0.3) is 0 Å². The zero-order valence-corrected chi connectivity index (χ0v) is 12.7. The standard InChI is InChI=1S/C13H26N2O2S/c1-5-13(6-2,18-4)9-15-12(16)11-10(3)17-8-7-14-11/h10-11,14H,5-9H2,1-4H3,(H,15,16)/t10-,11+/m1/s1. The lowest BCUT2D eigenvalue weighted by Gasteiger charge is -2.33. The Kier molecular flexibility index (Phi) is 6.46. The Bertz CT molecular complexity index is 261. The highest BCUT2D eigenvalue weighted by Crippen LogP contribution is 2.29. The van der Waals surface area contributed by atoms with Crippen LogP contribution in [0.4, 0.5) is 0 Å². The van der Waals surface area contributed by atoms with E-state index < -0.39 is 0 Å². The quantitative estimate of drug-likeness (QED) is 0.769. The fourth-order valence-electron chi connectivity index (χ4n) is 2.25. The molecule has 1 amide bonds. The molecule has 0 bridgehead atoms. The van der Waals surface area contributed by atoms with Crippen LogP contribution in [0.15, 0.2) is 0 Å². The Morgan fingerprint density at radius 1 is 1.50 bits per heavy atom. The SMILES string of the molecule is CCC(CC)(CNC(=O)[C@H]1NCCO[C@@H]1C)SC. The van der Waals surface area contributed by atoms with E-state index in [4.69, 9.17) is 4.74 Å². The average Bonchev–Trinajstić information content (AvgIpc) is 2.41. The second kappa shape index (κ2) is 7.36. The van der Waals surface area contributed by atoms with Gasteiger partial charge in [0.1, 0.15) is 6.04 Å². The van der Waals surface area contributed by atoms with Crippen molar-refractivity contribution in [3.63, 3.8) is 0 Å². The van der Waals surface area contributed by atoms with Crippen molar-refractivity contribution in [2.24, 2.45) is 0 Å². The van der Waals surface area contributed by atoms with Crippen LogP contribution in [0.3, 0.4) is 0 Å². The molecule has 0 aromatic rings. The van der Waals surface area contributed by atoms with Crippen molar-refractivity contribution in [1.82, 2.24) is 10.6 Å². The predicted octanol–water partition coefficient (Wildman–Crippen LogP) is 1.40. The smallest absolute Gasteiger partial charge is 0.239 e. The summed E-state index contributed by atoms with van der Waals surface area (Å²) >= 11 is 1.84. The van der Waals surface area contributed by atoms with E-state index >= 15 is 0 Å². The number of carbonyl (C=O) groups excluding carboxylic acids is 1. The topological polar surface area (TPSA) is 50.4 Å². The second-order valence-corrected chi connectivity index (χ2v) is 6.09. The van der Waals surface area contributed by atoms with E-state index in [-0.39, 0.29) is 22.8 Å². The van der Waals surface area contributed by atoms with Crippen LogP contribution in [-0.4, -0.2) is 48.8 Å². The van der Waals surface area contributed by atoms with E-state index in [1.165, 1.54) is 0 Å². The number of thioether (sulfide) groups is 1. The zero-order chi connectivity index (χ0) is 13.6. The monoisotopic (exact) mass is 274 g/mol. The molecule has 0 aromatic heterocycles. The van der Waals surface area contributed by atoms with Crippen molar-refractivity contribution in [1.29, 1.82) is 0 Å². The lowest BCUT2D eigenvalue weighted by atomic mass is 10.0. The molecule has 1 aliphatic rings. The maximum atomic E-state index is 12.1. The number of morpholine rings is 1. The lowest BCUT2D eigenvalue weighted by Crippen LogP contribution is -2.56. The molecule has 1 aliphatic heterocycles. The maximum absolute atomic E-state index is 12.1. The number of ether oxygens (including phenoxy) is 1. The van der Waals surface area contributed by atoms with Crippen LogP contribution < -0.4 is 10.6 Å². The van der Waals surface area contributed by atoms with Crippen LogP contribution in [0.2, 0.25) is 0 Å². The molecule has 0 aliphatic carbocycles. The van der Waals surface area contributed by atoms with Crippen molar-refractivity contribution in [2.75, 3.05) is 26.0 Å². The normalized spacial score (nSPS) is 24.9. The minimum atomic E-state index is -0.216. The molecule has 1 heterocycles. The average molecular weight is 274 g/mol. The van der Waals surface area contributed by atoms with E-state index in [9.17, 15) is 4.79 Å². The molecular formula is C13H26N2O2S. The molecule has 1 fully saturated rings. The van der Waals surface area contributed by atoms with Gasteiger partial charge in [-0.1, -0.05) is 13.8 Å². The fourth-order valence-corrected chi connectivity index (χ4v) is 3.04.